The van der Waals surface area contributed by atoms with E-state index in [1.165, 1.54) is 25.7 Å². The van der Waals surface area contributed by atoms with Crippen LogP contribution >= 0.6 is 7.82 Å². The minimum absolute atomic E-state index is 0.0496. The van der Waals surface area contributed by atoms with E-state index in [2.05, 4.69) is 98.9 Å². The number of hydrogen-bond donors (Lipinski definition) is 6. The molecule has 0 aromatic rings. The highest BCUT2D eigenvalue weighted by molar-refractivity contribution is 7.47. The fraction of sp³-hybridized carbons (Fsp3) is 0.680. The third kappa shape index (κ3) is 31.0. The van der Waals surface area contributed by atoms with Crippen LogP contribution in [-0.2, 0) is 32.7 Å². The number of carbonyl (C=O) groups is 2. The first-order valence-electron chi connectivity index (χ1n) is 23.9. The van der Waals surface area contributed by atoms with E-state index in [9.17, 15) is 44.6 Å². The fourth-order valence-corrected chi connectivity index (χ4v) is 7.61. The summed E-state index contributed by atoms with van der Waals surface area (Å²) in [6, 6.07) is 0. The van der Waals surface area contributed by atoms with Crippen molar-refractivity contribution in [3.8, 4) is 0 Å². The Morgan fingerprint density at radius 1 is 0.500 bits per heavy atom. The molecule has 14 heteroatoms. The van der Waals surface area contributed by atoms with E-state index < -0.39 is 75.7 Å². The summed E-state index contributed by atoms with van der Waals surface area (Å²) >= 11 is 0. The van der Waals surface area contributed by atoms with Gasteiger partial charge in [-0.15, -0.1) is 0 Å². The number of esters is 2. The zero-order valence-corrected chi connectivity index (χ0v) is 39.7. The lowest BCUT2D eigenvalue weighted by Crippen LogP contribution is -2.64. The summed E-state index contributed by atoms with van der Waals surface area (Å²) in [7, 11) is -5.14. The van der Waals surface area contributed by atoms with E-state index in [-0.39, 0.29) is 12.8 Å². The number of phosphoric acid groups is 1. The maximum absolute atomic E-state index is 12.8. The second-order valence-corrected chi connectivity index (χ2v) is 17.6. The minimum atomic E-state index is -5.14. The maximum Gasteiger partial charge on any atom is 0.472 e. The van der Waals surface area contributed by atoms with Crippen molar-refractivity contribution >= 4 is 19.8 Å². The molecule has 0 aromatic carbocycles. The summed E-state index contributed by atoms with van der Waals surface area (Å²) in [6.45, 7) is 3.12. The van der Waals surface area contributed by atoms with E-state index in [4.69, 9.17) is 18.5 Å². The van der Waals surface area contributed by atoms with Gasteiger partial charge in [0.05, 0.1) is 6.61 Å². The third-order valence-electron chi connectivity index (χ3n) is 10.5. The second-order valence-electron chi connectivity index (χ2n) is 16.2. The molecule has 1 rings (SSSR count). The summed E-state index contributed by atoms with van der Waals surface area (Å²) in [5, 5.41) is 50.2. The molecule has 0 aliphatic heterocycles. The molecule has 1 aliphatic rings. The molecule has 0 spiro atoms. The van der Waals surface area contributed by atoms with Gasteiger partial charge >= 0.3 is 19.8 Å². The van der Waals surface area contributed by atoms with Crippen LogP contribution in [0.25, 0.3) is 0 Å². The van der Waals surface area contributed by atoms with Gasteiger partial charge in [0.25, 0.3) is 0 Å². The van der Waals surface area contributed by atoms with E-state index in [0.29, 0.717) is 12.8 Å². The van der Waals surface area contributed by atoms with Gasteiger partial charge in [0.15, 0.2) is 6.10 Å². The molecule has 13 nitrogen and oxygen atoms in total. The quantitative estimate of drug-likeness (QED) is 0.0148. The Bertz CT molecular complexity index is 1440. The first-order chi connectivity index (χ1) is 30.9. The summed E-state index contributed by atoms with van der Waals surface area (Å²) in [5.41, 5.74) is 0. The Morgan fingerprint density at radius 3 is 1.38 bits per heavy atom. The Labute approximate surface area is 384 Å². The van der Waals surface area contributed by atoms with E-state index in [1.807, 2.05) is 0 Å². The Morgan fingerprint density at radius 2 is 0.891 bits per heavy atom. The van der Waals surface area contributed by atoms with Crippen LogP contribution in [0.15, 0.2) is 85.1 Å². The number of hydrogen-bond acceptors (Lipinski definition) is 12. The lowest BCUT2D eigenvalue weighted by atomic mass is 9.85. The molecule has 6 N–H and O–H groups in total. The Kier molecular flexibility index (Phi) is 36.2. The smallest absolute Gasteiger partial charge is 0.462 e. The highest BCUT2D eigenvalue weighted by Crippen LogP contribution is 2.47. The second kappa shape index (κ2) is 39.2. The van der Waals surface area contributed by atoms with Crippen molar-refractivity contribution in [2.75, 3.05) is 13.2 Å². The number of aliphatic hydroxyl groups is 5. The number of rotatable bonds is 38. The fourth-order valence-electron chi connectivity index (χ4n) is 6.64. The zero-order chi connectivity index (χ0) is 47.1. The molecule has 0 aromatic heterocycles. The largest absolute Gasteiger partial charge is 0.472 e. The monoisotopic (exact) mass is 923 g/mol. The summed E-state index contributed by atoms with van der Waals surface area (Å²) in [6.07, 6.45) is 37.7. The molecule has 1 aliphatic carbocycles. The molecule has 64 heavy (non-hydrogen) atoms. The topological polar surface area (TPSA) is 210 Å². The van der Waals surface area contributed by atoms with Crippen molar-refractivity contribution in [3.63, 3.8) is 0 Å². The van der Waals surface area contributed by atoms with E-state index >= 15 is 0 Å². The predicted molar refractivity (Wildman–Crippen MR) is 253 cm³/mol. The van der Waals surface area contributed by atoms with Gasteiger partial charge in [0.2, 0.25) is 0 Å². The summed E-state index contributed by atoms with van der Waals surface area (Å²) < 4.78 is 33.5. The van der Waals surface area contributed by atoms with Gasteiger partial charge in [0, 0.05) is 12.8 Å². The normalized spacial score (nSPS) is 22.3. The number of phosphoric ester groups is 1. The Balaban J connectivity index is 2.49. The SMILES string of the molecule is CC/C=C\C/C=C\C/C=C\C/C=C\C/C=C\CCCCCC(=O)OC(COC(=O)CCCCCCC/C=C\C/C=C\CCCCCC)COP(=O)(O)OC1C(O)C(O)C(O)C(O)C1O. The van der Waals surface area contributed by atoms with Crippen LogP contribution in [0.3, 0.4) is 0 Å². The molecule has 1 fully saturated rings. The maximum atomic E-state index is 12.8. The molecule has 6 unspecified atom stereocenters. The van der Waals surface area contributed by atoms with E-state index in [1.54, 1.807) is 0 Å². The number of allylic oxidation sites excluding steroid dienone is 14. The standard InChI is InChI=1S/C50H83O13P/c1-3-5-7-9-11-13-15-17-19-21-22-23-25-27-29-31-33-35-37-39-44(52)62-42(41-61-64(58,59)63-50-48(56)46(54)45(53)47(55)49(50)57)40-60-43(51)38-36-34-32-30-28-26-24-20-18-16-14-12-10-8-6-4-2/h5,7,11,13-14,16-17,19-20,22-24,27,29,42,45-50,53-57H,3-4,6,8-10,12,15,18,21,25-26,28,30-41H2,1-2H3,(H,58,59)/b7-5-,13-11-,16-14-,19-17-,23-22-,24-20-,29-27-. The lowest BCUT2D eigenvalue weighted by Gasteiger charge is -2.41. The summed E-state index contributed by atoms with van der Waals surface area (Å²) in [5.74, 6) is -1.16. The molecular formula is C50H83O13P. The van der Waals surface area contributed by atoms with Crippen LogP contribution in [0.1, 0.15) is 162 Å². The average molecular weight is 923 g/mol. The van der Waals surface area contributed by atoms with Crippen molar-refractivity contribution < 1.29 is 63.1 Å². The van der Waals surface area contributed by atoms with Gasteiger partial charge in [-0.05, 0) is 89.9 Å². The average Bonchev–Trinajstić information content (AvgIpc) is 3.28. The van der Waals surface area contributed by atoms with Crippen LogP contribution in [0, 0.1) is 0 Å². The van der Waals surface area contributed by atoms with Gasteiger partial charge in [-0.25, -0.2) is 4.57 Å². The van der Waals surface area contributed by atoms with Crippen molar-refractivity contribution in [2.24, 2.45) is 0 Å². The van der Waals surface area contributed by atoms with Crippen LogP contribution in [0.4, 0.5) is 0 Å². The first kappa shape index (κ1) is 59.0. The van der Waals surface area contributed by atoms with Gasteiger partial charge < -0.3 is 39.9 Å². The van der Waals surface area contributed by atoms with Gasteiger partial charge in [-0.3, -0.25) is 18.6 Å². The predicted octanol–water partition coefficient (Wildman–Crippen LogP) is 9.67. The molecule has 366 valence electrons. The highest BCUT2D eigenvalue weighted by Gasteiger charge is 2.51. The number of unbranched alkanes of at least 4 members (excludes halogenated alkanes) is 12. The van der Waals surface area contributed by atoms with Crippen LogP contribution in [0.2, 0.25) is 0 Å². The zero-order valence-electron chi connectivity index (χ0n) is 38.8. The first-order valence-corrected chi connectivity index (χ1v) is 25.4. The molecule has 0 bridgehead atoms. The highest BCUT2D eigenvalue weighted by atomic mass is 31.2. The number of ether oxygens (including phenoxy) is 2. The Hall–Kier alpha value is -2.97. The van der Waals surface area contributed by atoms with Crippen molar-refractivity contribution in [2.45, 2.75) is 204 Å². The van der Waals surface area contributed by atoms with Gasteiger partial charge in [-0.2, -0.15) is 0 Å². The molecule has 0 saturated heterocycles. The van der Waals surface area contributed by atoms with Gasteiger partial charge in [-0.1, -0.05) is 144 Å². The van der Waals surface area contributed by atoms with Crippen molar-refractivity contribution in [1.82, 2.24) is 0 Å². The lowest BCUT2D eigenvalue weighted by molar-refractivity contribution is -0.220. The molecule has 0 radical (unpaired) electrons. The number of aliphatic hydroxyl groups excluding tert-OH is 5. The minimum Gasteiger partial charge on any atom is -0.462 e. The molecular weight excluding hydrogens is 840 g/mol. The van der Waals surface area contributed by atoms with E-state index in [0.717, 1.165) is 96.3 Å². The molecule has 1 saturated carbocycles. The van der Waals surface area contributed by atoms with Crippen LogP contribution in [-0.4, -0.2) is 98.3 Å². The van der Waals surface area contributed by atoms with Crippen molar-refractivity contribution in [1.29, 1.82) is 0 Å². The van der Waals surface area contributed by atoms with Crippen LogP contribution in [0.5, 0.6) is 0 Å². The third-order valence-corrected chi connectivity index (χ3v) is 11.5. The van der Waals surface area contributed by atoms with Crippen molar-refractivity contribution in [3.05, 3.63) is 85.1 Å². The molecule has 0 amide bonds. The molecule has 0 heterocycles. The van der Waals surface area contributed by atoms with Gasteiger partial charge in [0.1, 0.15) is 43.2 Å². The van der Waals surface area contributed by atoms with Crippen LogP contribution < -0.4 is 0 Å². The number of carbonyl (C=O) groups excluding carboxylic acids is 2. The molecule has 6 atom stereocenters. The summed E-state index contributed by atoms with van der Waals surface area (Å²) in [4.78, 5) is 35.7.